The number of amides is 3. The maximum atomic E-state index is 13.8. The summed E-state index contributed by atoms with van der Waals surface area (Å²) in [7, 11) is 0. The summed E-state index contributed by atoms with van der Waals surface area (Å²) in [5, 5.41) is 37.9. The second-order valence-corrected chi connectivity index (χ2v) is 16.9. The molecule has 1 aliphatic rings. The summed E-state index contributed by atoms with van der Waals surface area (Å²) < 4.78 is 11.3. The van der Waals surface area contributed by atoms with Gasteiger partial charge in [0.15, 0.2) is 6.23 Å². The van der Waals surface area contributed by atoms with Crippen LogP contribution in [0.1, 0.15) is 199 Å². The van der Waals surface area contributed by atoms with E-state index in [2.05, 4.69) is 24.5 Å². The predicted octanol–water partition coefficient (Wildman–Crippen LogP) is 9.63. The van der Waals surface area contributed by atoms with Crippen molar-refractivity contribution in [1.29, 1.82) is 0 Å². The normalized spacial score (nSPS) is 19.0. The van der Waals surface area contributed by atoms with E-state index in [1.165, 1.54) is 128 Å². The first-order valence-electron chi connectivity index (χ1n) is 24.0. The van der Waals surface area contributed by atoms with Crippen LogP contribution in [-0.4, -0.2) is 88.4 Å². The Morgan fingerprint density at radius 2 is 1.05 bits per heavy atom. The Morgan fingerprint density at radius 1 is 0.593 bits per heavy atom. The zero-order valence-corrected chi connectivity index (χ0v) is 37.2. The van der Waals surface area contributed by atoms with Gasteiger partial charge in [-0.3, -0.25) is 9.59 Å². The third-order valence-electron chi connectivity index (χ3n) is 11.7. The Kier molecular flexibility index (Phi) is 31.0. The van der Waals surface area contributed by atoms with Crippen molar-refractivity contribution in [2.45, 2.75) is 231 Å². The molecular formula is C48H85N3O8. The number of ether oxygens (including phenoxy) is 2. The SMILES string of the molecule is CCCCCCCCCCCCCCCCCC(=O)N(CCCCCCCCCCCCCC)[C@@H]1O[C@H](CNC(=O)CNC(=O)OCc2ccccc2)[C@@H](O)[C@H](O)[C@H]1O. The van der Waals surface area contributed by atoms with Crippen molar-refractivity contribution >= 4 is 17.9 Å². The largest absolute Gasteiger partial charge is 0.445 e. The van der Waals surface area contributed by atoms with Crippen molar-refractivity contribution in [2.24, 2.45) is 0 Å². The molecule has 11 heteroatoms. The maximum absolute atomic E-state index is 13.8. The molecule has 0 saturated carbocycles. The molecule has 1 saturated heterocycles. The van der Waals surface area contributed by atoms with Crippen LogP contribution in [0.2, 0.25) is 0 Å². The van der Waals surface area contributed by atoms with E-state index in [-0.39, 0.29) is 25.6 Å². The number of aliphatic hydroxyl groups excluding tert-OH is 3. The lowest BCUT2D eigenvalue weighted by Crippen LogP contribution is -2.65. The Labute approximate surface area is 358 Å². The van der Waals surface area contributed by atoms with Gasteiger partial charge in [-0.2, -0.15) is 0 Å². The molecule has 0 radical (unpaired) electrons. The molecule has 1 fully saturated rings. The van der Waals surface area contributed by atoms with Crippen LogP contribution in [0.5, 0.6) is 0 Å². The third-order valence-corrected chi connectivity index (χ3v) is 11.7. The van der Waals surface area contributed by atoms with Gasteiger partial charge < -0.3 is 40.3 Å². The summed E-state index contributed by atoms with van der Waals surface area (Å²) in [6.07, 6.45) is 25.5. The number of unbranched alkanes of at least 4 members (excludes halogenated alkanes) is 25. The molecule has 5 N–H and O–H groups in total. The van der Waals surface area contributed by atoms with Crippen molar-refractivity contribution in [3.63, 3.8) is 0 Å². The molecule has 0 bridgehead atoms. The van der Waals surface area contributed by atoms with E-state index in [0.29, 0.717) is 13.0 Å². The van der Waals surface area contributed by atoms with Crippen LogP contribution in [0.3, 0.4) is 0 Å². The second-order valence-electron chi connectivity index (χ2n) is 16.9. The molecule has 340 valence electrons. The van der Waals surface area contributed by atoms with E-state index in [1.807, 2.05) is 30.3 Å². The first-order valence-corrected chi connectivity index (χ1v) is 24.0. The fourth-order valence-corrected chi connectivity index (χ4v) is 7.87. The van der Waals surface area contributed by atoms with Crippen LogP contribution in [0.25, 0.3) is 0 Å². The van der Waals surface area contributed by atoms with Crippen LogP contribution in [0.15, 0.2) is 30.3 Å². The van der Waals surface area contributed by atoms with Crippen LogP contribution < -0.4 is 10.6 Å². The Bertz CT molecular complexity index is 1190. The highest BCUT2D eigenvalue weighted by Crippen LogP contribution is 2.26. The molecule has 2 rings (SSSR count). The smallest absolute Gasteiger partial charge is 0.407 e. The van der Waals surface area contributed by atoms with E-state index < -0.39 is 42.6 Å². The average Bonchev–Trinajstić information content (AvgIpc) is 3.24. The summed E-state index contributed by atoms with van der Waals surface area (Å²) in [4.78, 5) is 40.0. The first kappa shape index (κ1) is 52.4. The number of hydrogen-bond donors (Lipinski definition) is 5. The van der Waals surface area contributed by atoms with Crippen molar-refractivity contribution in [3.05, 3.63) is 35.9 Å². The van der Waals surface area contributed by atoms with Crippen LogP contribution in [0, 0.1) is 0 Å². The lowest BCUT2D eigenvalue weighted by atomic mass is 9.96. The summed E-state index contributed by atoms with van der Waals surface area (Å²) in [6, 6.07) is 9.18. The molecule has 1 aromatic rings. The van der Waals surface area contributed by atoms with E-state index in [1.54, 1.807) is 4.90 Å². The van der Waals surface area contributed by atoms with Gasteiger partial charge in [-0.25, -0.2) is 4.79 Å². The molecule has 1 aromatic carbocycles. The second kappa shape index (κ2) is 34.9. The van der Waals surface area contributed by atoms with Gasteiger partial charge in [0.1, 0.15) is 31.0 Å². The highest BCUT2D eigenvalue weighted by Gasteiger charge is 2.46. The van der Waals surface area contributed by atoms with Gasteiger partial charge in [0.2, 0.25) is 11.8 Å². The van der Waals surface area contributed by atoms with Gasteiger partial charge in [-0.15, -0.1) is 0 Å². The minimum absolute atomic E-state index is 0.0614. The molecule has 3 amide bonds. The van der Waals surface area contributed by atoms with Crippen molar-refractivity contribution in [3.8, 4) is 0 Å². The quantitative estimate of drug-likeness (QED) is 0.0419. The molecule has 1 aliphatic heterocycles. The number of rotatable bonds is 36. The zero-order chi connectivity index (χ0) is 42.8. The standard InChI is InChI=1S/C48H85N3O8/c1-3-5-7-9-11-13-15-17-18-19-20-22-24-26-31-35-43(53)51(36-32-27-25-23-21-16-14-12-10-8-6-4-2)47-46(56)45(55)44(54)41(59-47)37-49-42(52)38-50-48(57)58-39-40-33-29-28-30-34-40/h28-30,33-34,41,44-47,54-56H,3-27,31-32,35-39H2,1-2H3,(H,49,52)(H,50,57)/t41-,44-,45+,46-,47-/m1/s1. The Hall–Kier alpha value is -2.73. The molecular weight excluding hydrogens is 747 g/mol. The van der Waals surface area contributed by atoms with Gasteiger partial charge in [-0.1, -0.05) is 205 Å². The number of alkyl carbamates (subject to hydrolysis) is 1. The Balaban J connectivity index is 1.82. The van der Waals surface area contributed by atoms with Crippen molar-refractivity contribution in [1.82, 2.24) is 15.5 Å². The van der Waals surface area contributed by atoms with E-state index in [0.717, 1.165) is 50.5 Å². The number of carbonyl (C=O) groups excluding carboxylic acids is 3. The summed E-state index contributed by atoms with van der Waals surface area (Å²) in [5.41, 5.74) is 0.812. The number of carbonyl (C=O) groups is 3. The monoisotopic (exact) mass is 832 g/mol. The predicted molar refractivity (Wildman–Crippen MR) is 237 cm³/mol. The molecule has 59 heavy (non-hydrogen) atoms. The fraction of sp³-hybridized carbons (Fsp3) is 0.812. The maximum Gasteiger partial charge on any atom is 0.407 e. The number of nitrogens with one attached hydrogen (secondary N) is 2. The summed E-state index contributed by atoms with van der Waals surface area (Å²) >= 11 is 0. The zero-order valence-electron chi connectivity index (χ0n) is 37.2. The van der Waals surface area contributed by atoms with Crippen molar-refractivity contribution in [2.75, 3.05) is 19.6 Å². The van der Waals surface area contributed by atoms with E-state index >= 15 is 0 Å². The van der Waals surface area contributed by atoms with Crippen LogP contribution in [-0.2, 0) is 25.7 Å². The van der Waals surface area contributed by atoms with Gasteiger partial charge in [0.05, 0.1) is 6.54 Å². The molecule has 0 aromatic heterocycles. The van der Waals surface area contributed by atoms with Gasteiger partial charge in [-0.05, 0) is 18.4 Å². The number of hydrogen-bond acceptors (Lipinski definition) is 8. The number of nitrogens with zero attached hydrogens (tertiary/aromatic N) is 1. The number of aliphatic hydroxyl groups is 3. The first-order chi connectivity index (χ1) is 28.8. The van der Waals surface area contributed by atoms with Gasteiger partial charge in [0, 0.05) is 19.5 Å². The third kappa shape index (κ3) is 25.0. The molecule has 5 atom stereocenters. The van der Waals surface area contributed by atoms with E-state index in [9.17, 15) is 29.7 Å². The highest BCUT2D eigenvalue weighted by atomic mass is 16.6. The molecule has 0 unspecified atom stereocenters. The number of benzene rings is 1. The minimum Gasteiger partial charge on any atom is -0.445 e. The summed E-state index contributed by atoms with van der Waals surface area (Å²) in [5.74, 6) is -0.691. The minimum atomic E-state index is -1.58. The molecule has 0 spiro atoms. The molecule has 1 heterocycles. The topological polar surface area (TPSA) is 158 Å². The fourth-order valence-electron chi connectivity index (χ4n) is 7.87. The van der Waals surface area contributed by atoms with E-state index in [4.69, 9.17) is 9.47 Å². The van der Waals surface area contributed by atoms with Gasteiger partial charge >= 0.3 is 6.09 Å². The molecule has 0 aliphatic carbocycles. The Morgan fingerprint density at radius 3 is 1.54 bits per heavy atom. The molecule has 11 nitrogen and oxygen atoms in total. The lowest BCUT2D eigenvalue weighted by Gasteiger charge is -2.45. The van der Waals surface area contributed by atoms with Gasteiger partial charge in [0.25, 0.3) is 0 Å². The summed E-state index contributed by atoms with van der Waals surface area (Å²) in [6.45, 7) is 4.37. The van der Waals surface area contributed by atoms with Crippen LogP contribution in [0.4, 0.5) is 4.79 Å². The lowest BCUT2D eigenvalue weighted by molar-refractivity contribution is -0.255. The van der Waals surface area contributed by atoms with Crippen LogP contribution >= 0.6 is 0 Å². The average molecular weight is 832 g/mol. The highest BCUT2D eigenvalue weighted by molar-refractivity contribution is 5.82. The van der Waals surface area contributed by atoms with Crippen molar-refractivity contribution < 1.29 is 39.2 Å².